The van der Waals surface area contributed by atoms with Crippen LogP contribution in [-0.2, 0) is 0 Å². The Morgan fingerprint density at radius 3 is 2.65 bits per heavy atom. The van der Waals surface area contributed by atoms with Crippen LogP contribution in [0, 0.1) is 11.2 Å². The molecule has 1 aromatic rings. The van der Waals surface area contributed by atoms with Crippen LogP contribution in [0.25, 0.3) is 0 Å². The Hall–Kier alpha value is -1.78. The molecule has 0 aromatic heterocycles. The normalized spacial score (nSPS) is 19.9. The molecule has 3 N–H and O–H groups in total. The van der Waals surface area contributed by atoms with Gasteiger partial charge in [0.2, 0.25) is 0 Å². The van der Waals surface area contributed by atoms with Crippen molar-refractivity contribution in [1.29, 1.82) is 0 Å². The fourth-order valence-electron chi connectivity index (χ4n) is 2.53. The molecule has 0 atom stereocenters. The van der Waals surface area contributed by atoms with E-state index in [9.17, 15) is 4.39 Å². The van der Waals surface area contributed by atoms with Crippen molar-refractivity contribution in [2.45, 2.75) is 45.6 Å². The second kappa shape index (κ2) is 5.69. The molecule has 0 radical (unpaired) electrons. The number of amidine groups is 1. The minimum absolute atomic E-state index is 0.0960. The molecule has 0 unspecified atom stereocenters. The van der Waals surface area contributed by atoms with E-state index in [1.54, 1.807) is 0 Å². The summed E-state index contributed by atoms with van der Waals surface area (Å²) in [4.78, 5) is 0. The highest BCUT2D eigenvalue weighted by Gasteiger charge is 2.28. The van der Waals surface area contributed by atoms with E-state index in [-0.39, 0.29) is 17.5 Å². The quantitative estimate of drug-likeness (QED) is 0.386. The SMILES string of the molecule is CC1(C)CCC(Oc2ccc(F)cc2/C(N)=N/O)CC1. The molecular formula is C15H21FN2O2. The zero-order valence-corrected chi connectivity index (χ0v) is 11.9. The molecule has 2 rings (SSSR count). The molecule has 1 aliphatic carbocycles. The summed E-state index contributed by atoms with van der Waals surface area (Å²) in [6.45, 7) is 4.51. The van der Waals surface area contributed by atoms with E-state index in [0.29, 0.717) is 11.2 Å². The van der Waals surface area contributed by atoms with E-state index < -0.39 is 5.82 Å². The van der Waals surface area contributed by atoms with Gasteiger partial charge in [-0.1, -0.05) is 19.0 Å². The Bertz CT molecular complexity index is 505. The smallest absolute Gasteiger partial charge is 0.173 e. The fraction of sp³-hybridized carbons (Fsp3) is 0.533. The van der Waals surface area contributed by atoms with E-state index in [1.807, 2.05) is 0 Å². The molecule has 1 aliphatic rings. The summed E-state index contributed by atoms with van der Waals surface area (Å²) in [5.74, 6) is -0.120. The van der Waals surface area contributed by atoms with Gasteiger partial charge in [-0.15, -0.1) is 0 Å². The van der Waals surface area contributed by atoms with E-state index in [0.717, 1.165) is 25.7 Å². The molecule has 0 aliphatic heterocycles. The van der Waals surface area contributed by atoms with E-state index in [1.165, 1.54) is 18.2 Å². The van der Waals surface area contributed by atoms with Crippen molar-refractivity contribution in [3.63, 3.8) is 0 Å². The molecule has 110 valence electrons. The number of ether oxygens (including phenoxy) is 1. The van der Waals surface area contributed by atoms with Crippen LogP contribution in [0.15, 0.2) is 23.4 Å². The highest BCUT2D eigenvalue weighted by atomic mass is 19.1. The second-order valence-corrected chi connectivity index (χ2v) is 6.11. The van der Waals surface area contributed by atoms with E-state index in [4.69, 9.17) is 15.7 Å². The minimum Gasteiger partial charge on any atom is -0.490 e. The summed E-state index contributed by atoms with van der Waals surface area (Å²) >= 11 is 0. The second-order valence-electron chi connectivity index (χ2n) is 6.11. The van der Waals surface area contributed by atoms with Gasteiger partial charge in [0.15, 0.2) is 5.84 Å². The van der Waals surface area contributed by atoms with Gasteiger partial charge in [0.25, 0.3) is 0 Å². The molecule has 0 spiro atoms. The Balaban J connectivity index is 2.14. The van der Waals surface area contributed by atoms with Crippen molar-refractivity contribution in [2.24, 2.45) is 16.3 Å². The zero-order valence-electron chi connectivity index (χ0n) is 11.9. The van der Waals surface area contributed by atoms with Crippen LogP contribution >= 0.6 is 0 Å². The van der Waals surface area contributed by atoms with E-state index >= 15 is 0 Å². The highest BCUT2D eigenvalue weighted by Crippen LogP contribution is 2.37. The van der Waals surface area contributed by atoms with Crippen molar-refractivity contribution in [2.75, 3.05) is 0 Å². The van der Waals surface area contributed by atoms with Gasteiger partial charge >= 0.3 is 0 Å². The number of halogens is 1. The third kappa shape index (κ3) is 3.40. The molecule has 4 nitrogen and oxygen atoms in total. The molecule has 1 aromatic carbocycles. The first kappa shape index (κ1) is 14.6. The summed E-state index contributed by atoms with van der Waals surface area (Å²) in [6, 6.07) is 4.07. The maximum atomic E-state index is 13.3. The number of benzene rings is 1. The zero-order chi connectivity index (χ0) is 14.8. The van der Waals surface area contributed by atoms with Crippen LogP contribution in [0.2, 0.25) is 0 Å². The van der Waals surface area contributed by atoms with Crippen LogP contribution in [-0.4, -0.2) is 17.1 Å². The Morgan fingerprint density at radius 1 is 1.40 bits per heavy atom. The van der Waals surface area contributed by atoms with Crippen LogP contribution in [0.1, 0.15) is 45.1 Å². The van der Waals surface area contributed by atoms with E-state index in [2.05, 4.69) is 19.0 Å². The van der Waals surface area contributed by atoms with Gasteiger partial charge in [-0.2, -0.15) is 0 Å². The third-order valence-electron chi connectivity index (χ3n) is 3.91. The summed E-state index contributed by atoms with van der Waals surface area (Å²) in [5.41, 5.74) is 6.21. The van der Waals surface area contributed by atoms with Gasteiger partial charge in [-0.05, 0) is 49.3 Å². The van der Waals surface area contributed by atoms with Crippen molar-refractivity contribution in [3.8, 4) is 5.75 Å². The summed E-state index contributed by atoms with van der Waals surface area (Å²) in [5, 5.41) is 11.7. The number of nitrogens with zero attached hydrogens (tertiary/aromatic N) is 1. The van der Waals surface area contributed by atoms with Gasteiger partial charge in [0.05, 0.1) is 11.7 Å². The maximum Gasteiger partial charge on any atom is 0.173 e. The Kier molecular flexibility index (Phi) is 4.16. The molecule has 0 saturated heterocycles. The Morgan fingerprint density at radius 2 is 2.05 bits per heavy atom. The van der Waals surface area contributed by atoms with Crippen molar-refractivity contribution < 1.29 is 14.3 Å². The molecule has 0 heterocycles. The molecule has 20 heavy (non-hydrogen) atoms. The fourth-order valence-corrected chi connectivity index (χ4v) is 2.53. The van der Waals surface area contributed by atoms with Crippen LogP contribution in [0.4, 0.5) is 4.39 Å². The average Bonchev–Trinajstić information content (AvgIpc) is 2.42. The summed E-state index contributed by atoms with van der Waals surface area (Å²) < 4.78 is 19.2. The minimum atomic E-state index is -0.441. The molecule has 0 amide bonds. The lowest BCUT2D eigenvalue weighted by atomic mass is 9.76. The molecule has 1 fully saturated rings. The number of hydrogen-bond acceptors (Lipinski definition) is 3. The lowest BCUT2D eigenvalue weighted by Crippen LogP contribution is -2.29. The van der Waals surface area contributed by atoms with Gasteiger partial charge in [0, 0.05) is 0 Å². The van der Waals surface area contributed by atoms with Gasteiger partial charge in [0.1, 0.15) is 11.6 Å². The molecule has 0 bridgehead atoms. The third-order valence-corrected chi connectivity index (χ3v) is 3.91. The first-order chi connectivity index (χ1) is 9.41. The molecule has 1 saturated carbocycles. The topological polar surface area (TPSA) is 67.8 Å². The van der Waals surface area contributed by atoms with Crippen molar-refractivity contribution in [1.82, 2.24) is 0 Å². The highest BCUT2D eigenvalue weighted by molar-refractivity contribution is 5.99. The first-order valence-electron chi connectivity index (χ1n) is 6.85. The van der Waals surface area contributed by atoms with Crippen LogP contribution in [0.3, 0.4) is 0 Å². The standard InChI is InChI=1S/C15H21FN2O2/c1-15(2)7-5-11(6-8-15)20-13-4-3-10(16)9-12(13)14(17)18-19/h3-4,9,11,19H,5-8H2,1-2H3,(H2,17,18). The summed E-state index contributed by atoms with van der Waals surface area (Å²) in [6.07, 6.45) is 4.20. The molecular weight excluding hydrogens is 259 g/mol. The Labute approximate surface area is 118 Å². The number of rotatable bonds is 3. The monoisotopic (exact) mass is 280 g/mol. The largest absolute Gasteiger partial charge is 0.490 e. The molecule has 5 heteroatoms. The number of oxime groups is 1. The van der Waals surface area contributed by atoms with Crippen LogP contribution in [0.5, 0.6) is 5.75 Å². The maximum absolute atomic E-state index is 13.3. The number of hydrogen-bond donors (Lipinski definition) is 2. The van der Waals surface area contributed by atoms with Crippen molar-refractivity contribution >= 4 is 5.84 Å². The number of nitrogens with two attached hydrogens (primary N) is 1. The first-order valence-corrected chi connectivity index (χ1v) is 6.85. The predicted octanol–water partition coefficient (Wildman–Crippen LogP) is 3.27. The predicted molar refractivity (Wildman–Crippen MR) is 75.6 cm³/mol. The summed E-state index contributed by atoms with van der Waals surface area (Å²) in [7, 11) is 0. The van der Waals surface area contributed by atoms with Crippen LogP contribution < -0.4 is 10.5 Å². The van der Waals surface area contributed by atoms with Gasteiger partial charge in [-0.3, -0.25) is 0 Å². The lowest BCUT2D eigenvalue weighted by molar-refractivity contribution is 0.0985. The van der Waals surface area contributed by atoms with Gasteiger partial charge < -0.3 is 15.7 Å². The van der Waals surface area contributed by atoms with Gasteiger partial charge in [-0.25, -0.2) is 4.39 Å². The lowest BCUT2D eigenvalue weighted by Gasteiger charge is -2.34. The van der Waals surface area contributed by atoms with Crippen molar-refractivity contribution in [3.05, 3.63) is 29.6 Å². The average molecular weight is 280 g/mol.